The maximum Gasteiger partial charge on any atom is 2.00 e. The van der Waals surface area contributed by atoms with E-state index in [0.29, 0.717) is 23.4 Å². The maximum absolute atomic E-state index is 6.45. The van der Waals surface area contributed by atoms with Crippen LogP contribution in [0.3, 0.4) is 0 Å². The molecule has 230 valence electrons. The van der Waals surface area contributed by atoms with Crippen molar-refractivity contribution < 1.29 is 25.8 Å². The van der Waals surface area contributed by atoms with Gasteiger partial charge in [0, 0.05) is 34.1 Å². The van der Waals surface area contributed by atoms with Gasteiger partial charge < -0.3 is 18.9 Å². The standard InChI is InChI=1S/C40H29N5O.Pt/c1-23-9-13-34-31(18-23)29-12-11-26(45-35-14-10-24(2)19-32(35)30-8-5-16-42-39(30)45)22-36(29)44(34)27-15-17-41-33(21-27)40-43-38-28-7-4-3-6-25(28)20-37(38)46-40;/h3-19,25,28,37-38H,20H2,1-2H3;/q-2;+2/t25?,28?,37-,38+;/m0./s1. The van der Waals surface area contributed by atoms with Gasteiger partial charge in [-0.2, -0.15) is 6.07 Å². The number of hydrogen-bond acceptors (Lipinski definition) is 4. The topological polar surface area (TPSA) is 57.2 Å². The summed E-state index contributed by atoms with van der Waals surface area (Å²) < 4.78 is 10.9. The Balaban J connectivity index is 0.00000302. The number of aliphatic imine (C=N–C) groups is 1. The van der Waals surface area contributed by atoms with Crippen molar-refractivity contribution in [3.05, 3.63) is 132 Å². The molecule has 0 saturated heterocycles. The van der Waals surface area contributed by atoms with Crippen LogP contribution in [0.15, 0.2) is 108 Å². The fraction of sp³-hybridized carbons (Fsp3) is 0.175. The van der Waals surface area contributed by atoms with Crippen molar-refractivity contribution in [1.82, 2.24) is 19.1 Å². The monoisotopic (exact) mass is 790 g/mol. The predicted molar refractivity (Wildman–Crippen MR) is 183 cm³/mol. The van der Waals surface area contributed by atoms with Crippen LogP contribution in [0.4, 0.5) is 0 Å². The zero-order valence-corrected chi connectivity index (χ0v) is 28.1. The fourth-order valence-corrected chi connectivity index (χ4v) is 7.89. The number of benzene rings is 3. The molecule has 3 aromatic carbocycles. The van der Waals surface area contributed by atoms with Crippen LogP contribution in [-0.4, -0.2) is 37.1 Å². The Morgan fingerprint density at radius 1 is 0.745 bits per heavy atom. The van der Waals surface area contributed by atoms with Gasteiger partial charge in [0.2, 0.25) is 0 Å². The molecule has 2 aliphatic carbocycles. The third-order valence-corrected chi connectivity index (χ3v) is 9.97. The van der Waals surface area contributed by atoms with E-state index in [1.165, 1.54) is 21.9 Å². The van der Waals surface area contributed by atoms with Gasteiger partial charge in [-0.3, -0.25) is 4.98 Å². The zero-order chi connectivity index (χ0) is 30.5. The summed E-state index contributed by atoms with van der Waals surface area (Å²) in [5.41, 5.74) is 8.97. The molecule has 5 heterocycles. The van der Waals surface area contributed by atoms with E-state index in [4.69, 9.17) is 19.7 Å². The molecule has 2 unspecified atom stereocenters. The molecular weight excluding hydrogens is 762 g/mol. The van der Waals surface area contributed by atoms with E-state index in [-0.39, 0.29) is 33.2 Å². The first-order valence-electron chi connectivity index (χ1n) is 15.9. The summed E-state index contributed by atoms with van der Waals surface area (Å²) in [4.78, 5) is 14.6. The van der Waals surface area contributed by atoms with E-state index in [0.717, 1.165) is 50.8 Å². The Hall–Kier alpha value is -4.80. The summed E-state index contributed by atoms with van der Waals surface area (Å²) >= 11 is 0. The largest absolute Gasteiger partial charge is 2.00 e. The first kappa shape index (κ1) is 28.4. The average Bonchev–Trinajstić information content (AvgIpc) is 3.82. The third-order valence-electron chi connectivity index (χ3n) is 9.97. The Morgan fingerprint density at radius 3 is 2.36 bits per heavy atom. The van der Waals surface area contributed by atoms with Gasteiger partial charge in [-0.1, -0.05) is 70.5 Å². The molecule has 7 heteroatoms. The quantitative estimate of drug-likeness (QED) is 0.170. The van der Waals surface area contributed by atoms with Crippen molar-refractivity contribution >= 4 is 49.6 Å². The van der Waals surface area contributed by atoms with Crippen LogP contribution in [0.1, 0.15) is 23.2 Å². The first-order chi connectivity index (χ1) is 22.6. The Labute approximate surface area is 286 Å². The Bertz CT molecular complexity index is 2500. The molecule has 3 aliphatic rings. The normalized spacial score (nSPS) is 21.3. The van der Waals surface area contributed by atoms with E-state index >= 15 is 0 Å². The Kier molecular flexibility index (Phi) is 6.42. The minimum absolute atomic E-state index is 0. The molecule has 1 aliphatic heterocycles. The van der Waals surface area contributed by atoms with Gasteiger partial charge in [-0.15, -0.1) is 29.7 Å². The summed E-state index contributed by atoms with van der Waals surface area (Å²) in [6, 6.07) is 31.3. The third kappa shape index (κ3) is 4.24. The van der Waals surface area contributed by atoms with Gasteiger partial charge >= 0.3 is 21.1 Å². The van der Waals surface area contributed by atoms with Crippen LogP contribution < -0.4 is 0 Å². The van der Waals surface area contributed by atoms with E-state index in [1.807, 2.05) is 24.5 Å². The second kappa shape index (κ2) is 10.6. The van der Waals surface area contributed by atoms with E-state index < -0.39 is 0 Å². The summed E-state index contributed by atoms with van der Waals surface area (Å²) in [7, 11) is 0. The molecule has 7 aromatic rings. The minimum atomic E-state index is 0. The second-order valence-electron chi connectivity index (χ2n) is 12.8. The van der Waals surface area contributed by atoms with Crippen LogP contribution in [0.2, 0.25) is 0 Å². The molecule has 0 N–H and O–H groups in total. The molecule has 4 aromatic heterocycles. The molecule has 1 saturated carbocycles. The number of ether oxygens (including phenoxy) is 1. The van der Waals surface area contributed by atoms with Crippen LogP contribution in [0.5, 0.6) is 0 Å². The molecule has 0 amide bonds. The van der Waals surface area contributed by atoms with Gasteiger partial charge in [0.15, 0.2) is 0 Å². The number of fused-ring (bicyclic) bond motifs is 9. The first-order valence-corrected chi connectivity index (χ1v) is 15.9. The molecule has 6 nitrogen and oxygen atoms in total. The molecule has 0 spiro atoms. The fourth-order valence-electron chi connectivity index (χ4n) is 7.89. The molecule has 4 atom stereocenters. The summed E-state index contributed by atoms with van der Waals surface area (Å²) in [6.45, 7) is 4.27. The minimum Gasteiger partial charge on any atom is -0.527 e. The second-order valence-corrected chi connectivity index (χ2v) is 12.8. The number of hydrogen-bond donors (Lipinski definition) is 0. The van der Waals surface area contributed by atoms with E-state index in [2.05, 4.69) is 114 Å². The number of allylic oxidation sites excluding steroid dienone is 3. The van der Waals surface area contributed by atoms with Crippen molar-refractivity contribution in [3.8, 4) is 11.4 Å². The van der Waals surface area contributed by atoms with Gasteiger partial charge in [0.1, 0.15) is 17.6 Å². The number of aromatic nitrogens is 4. The van der Waals surface area contributed by atoms with Crippen molar-refractivity contribution in [2.45, 2.75) is 32.4 Å². The van der Waals surface area contributed by atoms with Crippen LogP contribution >= 0.6 is 0 Å². The molecular formula is C40H29N5OPt. The van der Waals surface area contributed by atoms with Crippen LogP contribution in [-0.2, 0) is 25.8 Å². The molecule has 1 fully saturated rings. The zero-order valence-electron chi connectivity index (χ0n) is 25.8. The van der Waals surface area contributed by atoms with Gasteiger partial charge in [-0.25, -0.2) is 4.98 Å². The van der Waals surface area contributed by atoms with Crippen LogP contribution in [0, 0.1) is 37.8 Å². The number of pyridine rings is 2. The molecule has 0 bridgehead atoms. The summed E-state index contributed by atoms with van der Waals surface area (Å²) in [5.74, 6) is 1.46. The van der Waals surface area contributed by atoms with Gasteiger partial charge in [0.05, 0.1) is 11.6 Å². The molecule has 10 rings (SSSR count). The van der Waals surface area contributed by atoms with Crippen LogP contribution in [0.25, 0.3) is 55.1 Å². The summed E-state index contributed by atoms with van der Waals surface area (Å²) in [6.07, 6.45) is 13.6. The average molecular weight is 791 g/mol. The molecule has 47 heavy (non-hydrogen) atoms. The van der Waals surface area contributed by atoms with Crippen molar-refractivity contribution in [2.24, 2.45) is 16.8 Å². The molecule has 0 radical (unpaired) electrons. The van der Waals surface area contributed by atoms with E-state index in [9.17, 15) is 0 Å². The van der Waals surface area contributed by atoms with Crippen molar-refractivity contribution in [3.63, 3.8) is 0 Å². The van der Waals surface area contributed by atoms with Crippen molar-refractivity contribution in [2.75, 3.05) is 0 Å². The van der Waals surface area contributed by atoms with E-state index in [1.54, 1.807) is 0 Å². The number of rotatable bonds is 3. The SMILES string of the molecule is Cc1ccc2c(c1)c1ccc(-n3c4ccc(C)cc4c4cccnc43)[c-]c1n2-c1[c-]c(C2=N[C@@H]3C4C=CC=CC4C[C@@H]3O2)ncc1.[Pt+2]. The van der Waals surface area contributed by atoms with Gasteiger partial charge in [-0.05, 0) is 68.1 Å². The number of nitrogens with zero attached hydrogens (tertiary/aromatic N) is 5. The van der Waals surface area contributed by atoms with Gasteiger partial charge in [0.25, 0.3) is 0 Å². The smallest absolute Gasteiger partial charge is 0.527 e. The maximum atomic E-state index is 6.45. The predicted octanol–water partition coefficient (Wildman–Crippen LogP) is 8.16. The summed E-state index contributed by atoms with van der Waals surface area (Å²) in [5, 5.41) is 4.62. The Morgan fingerprint density at radius 2 is 1.51 bits per heavy atom. The van der Waals surface area contributed by atoms with Crippen molar-refractivity contribution in [1.29, 1.82) is 0 Å². The number of aryl methyl sites for hydroxylation is 2.